The van der Waals surface area contributed by atoms with Gasteiger partial charge < -0.3 is 0 Å². The number of hydrogen-bond donors (Lipinski definition) is 0. The molecule has 0 atom stereocenters. The Bertz CT molecular complexity index is 59.5. The summed E-state index contributed by atoms with van der Waals surface area (Å²) in [4.78, 5) is 0. The number of halogens is 1. The second-order valence-corrected chi connectivity index (χ2v) is 4.50. The lowest BCUT2D eigenvalue weighted by Gasteiger charge is -2.34. The zero-order valence-electron chi connectivity index (χ0n) is 7.41. The molecule has 0 unspecified atom stereocenters. The number of rotatable bonds is 0. The largest absolute Gasteiger partial charge is 0.269 e. The van der Waals surface area contributed by atoms with E-state index in [0.29, 0.717) is 10.8 Å². The van der Waals surface area contributed by atoms with Gasteiger partial charge in [0, 0.05) is 0 Å². The molecular weight excluding hydrogens is 115 g/mol. The zero-order valence-corrected chi connectivity index (χ0v) is 7.41. The van der Waals surface area contributed by atoms with Gasteiger partial charge in [-0.1, -0.05) is 41.5 Å². The van der Waals surface area contributed by atoms with Crippen LogP contribution >= 0.6 is 0 Å². The van der Waals surface area contributed by atoms with E-state index in [0.717, 1.165) is 0 Å². The van der Waals surface area contributed by atoms with E-state index >= 15 is 0 Å². The lowest BCUT2D eigenvalue weighted by atomic mass is 9.71. The Morgan fingerprint density at radius 2 is 0.667 bits per heavy atom. The molecule has 58 valence electrons. The van der Waals surface area contributed by atoms with E-state index < -0.39 is 0 Å². The van der Waals surface area contributed by atoms with Crippen molar-refractivity contribution in [1.29, 1.82) is 0 Å². The topological polar surface area (TPSA) is 0 Å². The first-order chi connectivity index (χ1) is 3.25. The molecule has 0 aromatic heterocycles. The summed E-state index contributed by atoms with van der Waals surface area (Å²) in [5, 5.41) is 0. The van der Waals surface area contributed by atoms with Gasteiger partial charge in [0.1, 0.15) is 0 Å². The van der Waals surface area contributed by atoms with Crippen molar-refractivity contribution >= 4 is 0 Å². The molecule has 9 heavy (non-hydrogen) atoms. The third-order valence-corrected chi connectivity index (χ3v) is 2.25. The summed E-state index contributed by atoms with van der Waals surface area (Å²) in [5.41, 5.74) is 0.875. The van der Waals surface area contributed by atoms with Crippen LogP contribution in [0.4, 0.5) is 4.70 Å². The first-order valence-electron chi connectivity index (χ1n) is 3.25. The van der Waals surface area contributed by atoms with E-state index in [-0.39, 0.29) is 4.70 Å². The summed E-state index contributed by atoms with van der Waals surface area (Å²) in [6.07, 6.45) is 0. The Balaban J connectivity index is 0. The maximum absolute atomic E-state index is 2.27. The maximum Gasteiger partial charge on any atom is -0.0334 e. The molecule has 0 fully saturated rings. The average molecular weight is 134 g/mol. The Hall–Kier alpha value is -0.0700. The standard InChI is InChI=1S/C8H18.FH/c1-7(2,3)8(4,5)6;/h1-6H3;1H. The monoisotopic (exact) mass is 134 g/mol. The maximum atomic E-state index is 2.27. The molecule has 0 saturated carbocycles. The molecule has 0 aromatic carbocycles. The normalized spacial score (nSPS) is 12.7. The third kappa shape index (κ3) is 3.50. The van der Waals surface area contributed by atoms with E-state index in [9.17, 15) is 0 Å². The molecule has 0 aliphatic rings. The summed E-state index contributed by atoms with van der Waals surface area (Å²) in [5.74, 6) is 0. The van der Waals surface area contributed by atoms with Crippen molar-refractivity contribution in [2.45, 2.75) is 41.5 Å². The van der Waals surface area contributed by atoms with Gasteiger partial charge in [0.05, 0.1) is 0 Å². The fourth-order valence-corrected chi connectivity index (χ4v) is 0. The molecule has 0 radical (unpaired) electrons. The van der Waals surface area contributed by atoms with Crippen LogP contribution in [0.2, 0.25) is 0 Å². The molecule has 0 saturated heterocycles. The van der Waals surface area contributed by atoms with Crippen LogP contribution in [0, 0.1) is 10.8 Å². The minimum absolute atomic E-state index is 0. The Morgan fingerprint density at radius 3 is 0.667 bits per heavy atom. The molecule has 0 nitrogen and oxygen atoms in total. The third-order valence-electron chi connectivity index (χ3n) is 2.25. The van der Waals surface area contributed by atoms with Crippen LogP contribution in [0.1, 0.15) is 41.5 Å². The molecule has 0 aromatic rings. The molecule has 0 heterocycles. The van der Waals surface area contributed by atoms with Gasteiger partial charge in [-0.2, -0.15) is 0 Å². The van der Waals surface area contributed by atoms with E-state index in [1.54, 1.807) is 0 Å². The highest BCUT2D eigenvalue weighted by Crippen LogP contribution is 2.36. The molecule has 0 rings (SSSR count). The van der Waals surface area contributed by atoms with E-state index in [2.05, 4.69) is 41.5 Å². The van der Waals surface area contributed by atoms with Gasteiger partial charge in [-0.25, -0.2) is 0 Å². The summed E-state index contributed by atoms with van der Waals surface area (Å²) < 4.78 is 0. The van der Waals surface area contributed by atoms with Crippen molar-refractivity contribution in [1.82, 2.24) is 0 Å². The van der Waals surface area contributed by atoms with Crippen LogP contribution in [-0.4, -0.2) is 0 Å². The van der Waals surface area contributed by atoms with Crippen LogP contribution < -0.4 is 0 Å². The molecule has 0 bridgehead atoms. The quantitative estimate of drug-likeness (QED) is 0.477. The van der Waals surface area contributed by atoms with Gasteiger partial charge in [-0.15, -0.1) is 0 Å². The predicted octanol–water partition coefficient (Wildman–Crippen LogP) is 3.23. The van der Waals surface area contributed by atoms with E-state index in [1.807, 2.05) is 0 Å². The first kappa shape index (κ1) is 11.7. The second kappa shape index (κ2) is 2.68. The molecule has 0 aliphatic carbocycles. The average Bonchev–Trinajstić information content (AvgIpc) is 1.25. The van der Waals surface area contributed by atoms with Crippen molar-refractivity contribution in [3.8, 4) is 0 Å². The van der Waals surface area contributed by atoms with Crippen molar-refractivity contribution in [2.24, 2.45) is 10.8 Å². The van der Waals surface area contributed by atoms with Crippen molar-refractivity contribution < 1.29 is 4.70 Å². The lowest BCUT2D eigenvalue weighted by Crippen LogP contribution is -2.25. The SMILES string of the molecule is CC(C)(C)C(C)(C)C.F. The van der Waals surface area contributed by atoms with Crippen molar-refractivity contribution in [3.63, 3.8) is 0 Å². The van der Waals surface area contributed by atoms with E-state index in [4.69, 9.17) is 0 Å². The number of hydrogen-bond acceptors (Lipinski definition) is 0. The molecule has 0 amide bonds. The Labute approximate surface area is 58.0 Å². The highest BCUT2D eigenvalue weighted by atomic mass is 19.0. The smallest absolute Gasteiger partial charge is 0.0334 e. The first-order valence-corrected chi connectivity index (χ1v) is 3.25. The van der Waals surface area contributed by atoms with Crippen LogP contribution in [-0.2, 0) is 0 Å². The summed E-state index contributed by atoms with van der Waals surface area (Å²) in [7, 11) is 0. The highest BCUT2D eigenvalue weighted by molar-refractivity contribution is 4.76. The van der Waals surface area contributed by atoms with Gasteiger partial charge in [0.2, 0.25) is 0 Å². The molecule has 1 heteroatoms. The Morgan fingerprint density at radius 1 is 0.556 bits per heavy atom. The molecule has 0 spiro atoms. The summed E-state index contributed by atoms with van der Waals surface area (Å²) >= 11 is 0. The van der Waals surface area contributed by atoms with Crippen LogP contribution in [0.15, 0.2) is 0 Å². The van der Waals surface area contributed by atoms with Crippen molar-refractivity contribution in [3.05, 3.63) is 0 Å². The summed E-state index contributed by atoms with van der Waals surface area (Å²) in [6.45, 7) is 13.6. The lowest BCUT2D eigenvalue weighted by molar-refractivity contribution is 0.157. The van der Waals surface area contributed by atoms with Crippen LogP contribution in [0.5, 0.6) is 0 Å². The van der Waals surface area contributed by atoms with Gasteiger partial charge in [-0.3, -0.25) is 4.70 Å². The van der Waals surface area contributed by atoms with Crippen LogP contribution in [0.25, 0.3) is 0 Å². The predicted molar refractivity (Wildman–Crippen MR) is 41.4 cm³/mol. The van der Waals surface area contributed by atoms with Gasteiger partial charge in [0.25, 0.3) is 0 Å². The highest BCUT2D eigenvalue weighted by Gasteiger charge is 2.26. The van der Waals surface area contributed by atoms with Gasteiger partial charge >= 0.3 is 0 Å². The fourth-order valence-electron chi connectivity index (χ4n) is 0. The van der Waals surface area contributed by atoms with E-state index in [1.165, 1.54) is 0 Å². The fraction of sp³-hybridized carbons (Fsp3) is 1.00. The molecule has 0 N–H and O–H groups in total. The van der Waals surface area contributed by atoms with Crippen molar-refractivity contribution in [2.75, 3.05) is 0 Å². The molecular formula is C8H19F. The summed E-state index contributed by atoms with van der Waals surface area (Å²) in [6, 6.07) is 0. The van der Waals surface area contributed by atoms with Crippen LogP contribution in [0.3, 0.4) is 0 Å². The minimum Gasteiger partial charge on any atom is -0.269 e. The minimum atomic E-state index is 0. The molecule has 0 aliphatic heterocycles. The second-order valence-electron chi connectivity index (χ2n) is 4.50. The van der Waals surface area contributed by atoms with Gasteiger partial charge in [0.15, 0.2) is 0 Å². The zero-order chi connectivity index (χ0) is 7.00. The van der Waals surface area contributed by atoms with Gasteiger partial charge in [-0.05, 0) is 10.8 Å². The Kier molecular flexibility index (Phi) is 3.48.